The minimum atomic E-state index is -0.341. The second-order valence-electron chi connectivity index (χ2n) is 5.81. The first kappa shape index (κ1) is 17.5. The Morgan fingerprint density at radius 2 is 1.96 bits per heavy atom. The van der Waals surface area contributed by atoms with Gasteiger partial charge in [0.2, 0.25) is 5.91 Å². The van der Waals surface area contributed by atoms with E-state index < -0.39 is 0 Å². The maximum absolute atomic E-state index is 11.9. The molecule has 2 N–H and O–H groups in total. The Balaban J connectivity index is 1.96. The molecule has 24 heavy (non-hydrogen) atoms. The molecule has 0 saturated heterocycles. The third-order valence-corrected chi connectivity index (χ3v) is 3.48. The fourth-order valence-corrected chi connectivity index (χ4v) is 2.29. The van der Waals surface area contributed by atoms with E-state index in [0.717, 1.165) is 17.1 Å². The number of aryl methyl sites for hydroxylation is 2. The number of hydrogen-bond donors (Lipinski definition) is 2. The zero-order chi connectivity index (χ0) is 17.7. The largest absolute Gasteiger partial charge is 0.349 e. The highest BCUT2D eigenvalue weighted by molar-refractivity contribution is 5.89. The summed E-state index contributed by atoms with van der Waals surface area (Å²) >= 11 is 0. The van der Waals surface area contributed by atoms with Crippen molar-refractivity contribution in [2.24, 2.45) is 0 Å². The van der Waals surface area contributed by atoms with Crippen molar-refractivity contribution in [3.63, 3.8) is 0 Å². The SMILES string of the molecule is Cc1cc(C)n(-c2cccc(NC(=O)NCCC(=O)N(C)C)c2)n1. The van der Waals surface area contributed by atoms with Crippen LogP contribution in [0.1, 0.15) is 17.8 Å². The van der Waals surface area contributed by atoms with Crippen LogP contribution in [0.5, 0.6) is 0 Å². The van der Waals surface area contributed by atoms with Crippen LogP contribution in [-0.4, -0.2) is 47.3 Å². The lowest BCUT2D eigenvalue weighted by molar-refractivity contribution is -0.128. The smallest absolute Gasteiger partial charge is 0.319 e. The third kappa shape index (κ3) is 4.58. The number of nitrogens with one attached hydrogen (secondary N) is 2. The highest BCUT2D eigenvalue weighted by Gasteiger charge is 2.08. The molecule has 1 heterocycles. The summed E-state index contributed by atoms with van der Waals surface area (Å²) in [6, 6.07) is 9.10. The van der Waals surface area contributed by atoms with Crippen LogP contribution in [0.15, 0.2) is 30.3 Å². The Morgan fingerprint density at radius 3 is 2.58 bits per heavy atom. The molecule has 0 spiro atoms. The molecular weight excluding hydrogens is 306 g/mol. The van der Waals surface area contributed by atoms with Crippen molar-refractivity contribution >= 4 is 17.6 Å². The van der Waals surface area contributed by atoms with Crippen LogP contribution in [0.3, 0.4) is 0 Å². The summed E-state index contributed by atoms with van der Waals surface area (Å²) in [5, 5.41) is 9.87. The van der Waals surface area contributed by atoms with Gasteiger partial charge in [0.25, 0.3) is 0 Å². The van der Waals surface area contributed by atoms with Crippen LogP contribution in [0.25, 0.3) is 5.69 Å². The number of anilines is 1. The van der Waals surface area contributed by atoms with E-state index in [9.17, 15) is 9.59 Å². The monoisotopic (exact) mass is 329 g/mol. The quantitative estimate of drug-likeness (QED) is 0.881. The number of rotatable bonds is 5. The van der Waals surface area contributed by atoms with Gasteiger partial charge in [0.05, 0.1) is 11.4 Å². The molecule has 0 bridgehead atoms. The van der Waals surface area contributed by atoms with Crippen molar-refractivity contribution in [2.75, 3.05) is 26.0 Å². The molecule has 128 valence electrons. The maximum atomic E-state index is 11.9. The van der Waals surface area contributed by atoms with Crippen LogP contribution >= 0.6 is 0 Å². The Bertz CT molecular complexity index is 736. The molecule has 2 rings (SSSR count). The molecule has 0 aliphatic rings. The van der Waals surface area contributed by atoms with Crippen molar-refractivity contribution in [2.45, 2.75) is 20.3 Å². The molecule has 3 amide bonds. The van der Waals surface area contributed by atoms with E-state index in [0.29, 0.717) is 12.2 Å². The van der Waals surface area contributed by atoms with E-state index in [4.69, 9.17) is 0 Å². The first-order valence-electron chi connectivity index (χ1n) is 7.75. The van der Waals surface area contributed by atoms with Gasteiger partial charge in [0.15, 0.2) is 0 Å². The molecule has 2 aromatic rings. The van der Waals surface area contributed by atoms with E-state index in [2.05, 4.69) is 15.7 Å². The van der Waals surface area contributed by atoms with E-state index in [-0.39, 0.29) is 18.4 Å². The molecule has 0 aliphatic heterocycles. The molecule has 7 nitrogen and oxygen atoms in total. The van der Waals surface area contributed by atoms with Gasteiger partial charge in [0.1, 0.15) is 0 Å². The molecule has 7 heteroatoms. The lowest BCUT2D eigenvalue weighted by Crippen LogP contribution is -2.33. The van der Waals surface area contributed by atoms with Crippen molar-refractivity contribution in [3.8, 4) is 5.69 Å². The molecule has 1 aromatic carbocycles. The van der Waals surface area contributed by atoms with E-state index in [1.165, 1.54) is 4.90 Å². The number of benzene rings is 1. The van der Waals surface area contributed by atoms with Gasteiger partial charge in [-0.3, -0.25) is 4.79 Å². The predicted molar refractivity (Wildman–Crippen MR) is 93.4 cm³/mol. The molecule has 0 saturated carbocycles. The summed E-state index contributed by atoms with van der Waals surface area (Å²) < 4.78 is 1.83. The van der Waals surface area contributed by atoms with Crippen LogP contribution in [-0.2, 0) is 4.79 Å². The van der Waals surface area contributed by atoms with Gasteiger partial charge in [-0.15, -0.1) is 0 Å². The number of nitrogens with zero attached hydrogens (tertiary/aromatic N) is 3. The Hall–Kier alpha value is -2.83. The number of hydrogen-bond acceptors (Lipinski definition) is 3. The molecule has 0 atom stereocenters. The second kappa shape index (κ2) is 7.63. The Kier molecular flexibility index (Phi) is 5.57. The summed E-state index contributed by atoms with van der Waals surface area (Å²) in [7, 11) is 3.37. The summed E-state index contributed by atoms with van der Waals surface area (Å²) in [5.41, 5.74) is 3.50. The maximum Gasteiger partial charge on any atom is 0.319 e. The summed E-state index contributed by atoms with van der Waals surface area (Å²) in [4.78, 5) is 24.9. The highest BCUT2D eigenvalue weighted by Crippen LogP contribution is 2.16. The van der Waals surface area contributed by atoms with Crippen molar-refractivity contribution in [1.82, 2.24) is 20.0 Å². The molecule has 1 aromatic heterocycles. The van der Waals surface area contributed by atoms with Crippen LogP contribution in [0, 0.1) is 13.8 Å². The average Bonchev–Trinajstić information content (AvgIpc) is 2.86. The first-order chi connectivity index (χ1) is 11.4. The molecular formula is C17H23N5O2. The number of urea groups is 1. The van der Waals surface area contributed by atoms with E-state index >= 15 is 0 Å². The van der Waals surface area contributed by atoms with Gasteiger partial charge in [-0.25, -0.2) is 9.48 Å². The van der Waals surface area contributed by atoms with Crippen molar-refractivity contribution in [3.05, 3.63) is 41.7 Å². The van der Waals surface area contributed by atoms with Gasteiger partial charge in [-0.05, 0) is 38.1 Å². The summed E-state index contributed by atoms with van der Waals surface area (Å²) in [6.07, 6.45) is 0.270. The Morgan fingerprint density at radius 1 is 1.21 bits per heavy atom. The molecule has 0 aliphatic carbocycles. The van der Waals surface area contributed by atoms with E-state index in [1.54, 1.807) is 20.2 Å². The third-order valence-electron chi connectivity index (χ3n) is 3.48. The second-order valence-corrected chi connectivity index (χ2v) is 5.81. The highest BCUT2D eigenvalue weighted by atomic mass is 16.2. The van der Waals surface area contributed by atoms with Crippen molar-refractivity contribution in [1.29, 1.82) is 0 Å². The van der Waals surface area contributed by atoms with Gasteiger partial charge >= 0.3 is 6.03 Å². The summed E-state index contributed by atoms with van der Waals surface area (Å²) in [6.45, 7) is 4.21. The molecule has 0 unspecified atom stereocenters. The minimum Gasteiger partial charge on any atom is -0.349 e. The lowest BCUT2D eigenvalue weighted by Gasteiger charge is -2.12. The number of carbonyl (C=O) groups excluding carboxylic acids is 2. The average molecular weight is 329 g/mol. The van der Waals surface area contributed by atoms with Crippen LogP contribution in [0.2, 0.25) is 0 Å². The predicted octanol–water partition coefficient (Wildman–Crippen LogP) is 2.09. The number of carbonyl (C=O) groups is 2. The zero-order valence-corrected chi connectivity index (χ0v) is 14.5. The fraction of sp³-hybridized carbons (Fsp3) is 0.353. The number of amides is 3. The van der Waals surface area contributed by atoms with Crippen molar-refractivity contribution < 1.29 is 9.59 Å². The topological polar surface area (TPSA) is 79.3 Å². The molecule has 0 radical (unpaired) electrons. The number of aromatic nitrogens is 2. The van der Waals surface area contributed by atoms with Gasteiger partial charge in [-0.2, -0.15) is 5.10 Å². The molecule has 0 fully saturated rings. The van der Waals surface area contributed by atoms with E-state index in [1.807, 2.05) is 42.8 Å². The van der Waals surface area contributed by atoms with Crippen LogP contribution in [0.4, 0.5) is 10.5 Å². The lowest BCUT2D eigenvalue weighted by atomic mass is 10.2. The normalized spacial score (nSPS) is 10.3. The zero-order valence-electron chi connectivity index (χ0n) is 14.5. The van der Waals surface area contributed by atoms with Gasteiger partial charge < -0.3 is 15.5 Å². The van der Waals surface area contributed by atoms with Crippen LogP contribution < -0.4 is 10.6 Å². The van der Waals surface area contributed by atoms with Gasteiger partial charge in [0, 0.05) is 38.4 Å². The first-order valence-corrected chi connectivity index (χ1v) is 7.75. The fourth-order valence-electron chi connectivity index (χ4n) is 2.29. The standard InChI is InChI=1S/C17H23N5O2/c1-12-10-13(2)22(20-12)15-7-5-6-14(11-15)19-17(24)18-9-8-16(23)21(3)4/h5-7,10-11H,8-9H2,1-4H3,(H2,18,19,24). The Labute approximate surface area is 141 Å². The minimum absolute atomic E-state index is 0.0261. The summed E-state index contributed by atoms with van der Waals surface area (Å²) in [5.74, 6) is -0.0261. The van der Waals surface area contributed by atoms with Gasteiger partial charge in [-0.1, -0.05) is 6.07 Å².